The highest BCUT2D eigenvalue weighted by atomic mass is 19.1. The van der Waals surface area contributed by atoms with E-state index in [9.17, 15) is 14.3 Å². The van der Waals surface area contributed by atoms with E-state index in [-0.39, 0.29) is 11.3 Å². The van der Waals surface area contributed by atoms with Gasteiger partial charge in [-0.25, -0.2) is 4.39 Å². The summed E-state index contributed by atoms with van der Waals surface area (Å²) in [7, 11) is 1.37. The van der Waals surface area contributed by atoms with Crippen LogP contribution in [0.15, 0.2) is 42.5 Å². The van der Waals surface area contributed by atoms with E-state index in [1.54, 1.807) is 31.2 Å². The minimum Gasteiger partial charge on any atom is -0.496 e. The van der Waals surface area contributed by atoms with Crippen molar-refractivity contribution in [2.45, 2.75) is 13.0 Å². The minimum absolute atomic E-state index is 0.155. The Hall–Kier alpha value is -2.40. The first-order valence-electron chi connectivity index (χ1n) is 6.45. The Bertz CT molecular complexity index is 656. The molecule has 0 saturated heterocycles. The number of benzene rings is 2. The van der Waals surface area contributed by atoms with E-state index < -0.39 is 17.8 Å². The lowest BCUT2D eigenvalue weighted by Gasteiger charge is -2.14. The molecule has 2 aromatic carbocycles. The fourth-order valence-electron chi connectivity index (χ4n) is 2.05. The Labute approximate surface area is 122 Å². The Morgan fingerprint density at radius 2 is 1.95 bits per heavy atom. The molecule has 0 aliphatic rings. The molecule has 0 aliphatic carbocycles. The maximum Gasteiger partial charge on any atom is 0.262 e. The number of halogens is 1. The number of rotatable bonds is 4. The molecule has 2 N–H and O–H groups in total. The van der Waals surface area contributed by atoms with Crippen molar-refractivity contribution in [2.24, 2.45) is 0 Å². The van der Waals surface area contributed by atoms with Crippen molar-refractivity contribution >= 4 is 11.6 Å². The number of carbonyl (C=O) groups is 1. The molecule has 0 saturated carbocycles. The number of ether oxygens (including phenoxy) is 1. The molecule has 2 rings (SSSR count). The van der Waals surface area contributed by atoms with Crippen LogP contribution in [0.25, 0.3) is 0 Å². The van der Waals surface area contributed by atoms with Crippen LogP contribution in [0.2, 0.25) is 0 Å². The van der Waals surface area contributed by atoms with Gasteiger partial charge in [0, 0.05) is 11.3 Å². The van der Waals surface area contributed by atoms with E-state index >= 15 is 0 Å². The molecular weight excluding hydrogens is 273 g/mol. The number of para-hydroxylation sites is 1. The summed E-state index contributed by atoms with van der Waals surface area (Å²) in [5.74, 6) is -1.14. The van der Waals surface area contributed by atoms with Crippen molar-refractivity contribution in [3.8, 4) is 5.75 Å². The number of aliphatic hydroxyl groups excluding tert-OH is 1. The fourth-order valence-corrected chi connectivity index (χ4v) is 2.05. The van der Waals surface area contributed by atoms with Crippen LogP contribution in [0.5, 0.6) is 5.75 Å². The normalized spacial score (nSPS) is 11.8. The molecule has 1 atom stereocenters. The van der Waals surface area contributed by atoms with Gasteiger partial charge in [0.25, 0.3) is 5.91 Å². The highest BCUT2D eigenvalue weighted by molar-refractivity contribution is 6.06. The van der Waals surface area contributed by atoms with Gasteiger partial charge in [-0.2, -0.15) is 0 Å². The van der Waals surface area contributed by atoms with Gasteiger partial charge in [0.2, 0.25) is 0 Å². The molecule has 0 bridgehead atoms. The Kier molecular flexibility index (Phi) is 4.55. The molecule has 5 heteroatoms. The molecule has 0 heterocycles. The number of methoxy groups -OCH3 is 1. The fraction of sp³-hybridized carbons (Fsp3) is 0.188. The van der Waals surface area contributed by atoms with Crippen LogP contribution in [0.1, 0.15) is 28.9 Å². The number of carbonyl (C=O) groups excluding carboxylic acids is 1. The van der Waals surface area contributed by atoms with Gasteiger partial charge in [0.1, 0.15) is 17.1 Å². The summed E-state index contributed by atoms with van der Waals surface area (Å²) >= 11 is 0. The average Bonchev–Trinajstić information content (AvgIpc) is 2.47. The van der Waals surface area contributed by atoms with E-state index in [4.69, 9.17) is 4.74 Å². The zero-order valence-corrected chi connectivity index (χ0v) is 11.8. The highest BCUT2D eigenvalue weighted by Crippen LogP contribution is 2.26. The molecule has 0 aliphatic heterocycles. The number of aliphatic hydroxyl groups is 1. The van der Waals surface area contributed by atoms with E-state index in [1.165, 1.54) is 25.3 Å². The van der Waals surface area contributed by atoms with E-state index in [0.717, 1.165) is 0 Å². The molecule has 1 unspecified atom stereocenters. The predicted molar refractivity (Wildman–Crippen MR) is 78.0 cm³/mol. The number of hydrogen-bond acceptors (Lipinski definition) is 3. The second-order valence-electron chi connectivity index (χ2n) is 4.53. The van der Waals surface area contributed by atoms with Crippen LogP contribution < -0.4 is 10.1 Å². The van der Waals surface area contributed by atoms with Crippen molar-refractivity contribution in [3.63, 3.8) is 0 Å². The summed E-state index contributed by atoms with van der Waals surface area (Å²) in [4.78, 5) is 12.3. The van der Waals surface area contributed by atoms with Crippen molar-refractivity contribution in [1.29, 1.82) is 0 Å². The largest absolute Gasteiger partial charge is 0.496 e. The van der Waals surface area contributed by atoms with Crippen LogP contribution in [0.3, 0.4) is 0 Å². The van der Waals surface area contributed by atoms with E-state index in [2.05, 4.69) is 5.32 Å². The van der Waals surface area contributed by atoms with Crippen LogP contribution in [0.4, 0.5) is 10.1 Å². The number of amides is 1. The van der Waals surface area contributed by atoms with Gasteiger partial charge in [-0.15, -0.1) is 0 Å². The van der Waals surface area contributed by atoms with Gasteiger partial charge in [-0.05, 0) is 25.1 Å². The third kappa shape index (κ3) is 3.20. The summed E-state index contributed by atoms with van der Waals surface area (Å²) in [6, 6.07) is 11.0. The topological polar surface area (TPSA) is 58.6 Å². The molecule has 110 valence electrons. The maximum atomic E-state index is 13.9. The zero-order chi connectivity index (χ0) is 15.4. The summed E-state index contributed by atoms with van der Waals surface area (Å²) in [6.07, 6.45) is -0.746. The lowest BCUT2D eigenvalue weighted by molar-refractivity contribution is 0.101. The first kappa shape index (κ1) is 15.0. The predicted octanol–water partition coefficient (Wildman–Crippen LogP) is 3.14. The minimum atomic E-state index is -0.746. The van der Waals surface area contributed by atoms with Gasteiger partial charge < -0.3 is 15.2 Å². The monoisotopic (exact) mass is 289 g/mol. The van der Waals surface area contributed by atoms with Gasteiger partial charge in [-0.3, -0.25) is 4.79 Å². The van der Waals surface area contributed by atoms with Crippen LogP contribution in [-0.2, 0) is 0 Å². The van der Waals surface area contributed by atoms with Crippen molar-refractivity contribution in [1.82, 2.24) is 0 Å². The number of hydrogen-bond donors (Lipinski definition) is 2. The molecule has 2 aromatic rings. The first-order chi connectivity index (χ1) is 10.0. The van der Waals surface area contributed by atoms with Gasteiger partial charge in [0.15, 0.2) is 0 Å². The Morgan fingerprint density at radius 3 is 2.62 bits per heavy atom. The third-order valence-electron chi connectivity index (χ3n) is 3.08. The quantitative estimate of drug-likeness (QED) is 0.909. The standard InChI is InChI=1S/C16H16FNO3/c1-10(19)11-6-3-4-8-13(11)18-16(20)15-12(17)7-5-9-14(15)21-2/h3-10,19H,1-2H3,(H,18,20). The first-order valence-corrected chi connectivity index (χ1v) is 6.45. The molecular formula is C16H16FNO3. The Balaban J connectivity index is 2.35. The van der Waals surface area contributed by atoms with Gasteiger partial charge in [-0.1, -0.05) is 24.3 Å². The average molecular weight is 289 g/mol. The summed E-state index contributed by atoms with van der Waals surface area (Å²) in [5.41, 5.74) is 0.823. The molecule has 0 fully saturated rings. The SMILES string of the molecule is COc1cccc(F)c1C(=O)Nc1ccccc1C(C)O. The lowest BCUT2D eigenvalue weighted by Crippen LogP contribution is -2.16. The van der Waals surface area contributed by atoms with E-state index in [0.29, 0.717) is 11.3 Å². The summed E-state index contributed by atoms with van der Waals surface area (Å²) in [6.45, 7) is 1.59. The maximum absolute atomic E-state index is 13.9. The van der Waals surface area contributed by atoms with Gasteiger partial charge in [0.05, 0.1) is 13.2 Å². The highest BCUT2D eigenvalue weighted by Gasteiger charge is 2.19. The van der Waals surface area contributed by atoms with Crippen LogP contribution in [0, 0.1) is 5.82 Å². The molecule has 21 heavy (non-hydrogen) atoms. The second kappa shape index (κ2) is 6.37. The molecule has 0 aromatic heterocycles. The molecule has 1 amide bonds. The number of nitrogens with one attached hydrogen (secondary N) is 1. The van der Waals surface area contributed by atoms with Crippen molar-refractivity contribution in [2.75, 3.05) is 12.4 Å². The lowest BCUT2D eigenvalue weighted by atomic mass is 10.1. The smallest absolute Gasteiger partial charge is 0.262 e. The molecule has 0 radical (unpaired) electrons. The zero-order valence-electron chi connectivity index (χ0n) is 11.8. The van der Waals surface area contributed by atoms with E-state index in [1.807, 2.05) is 0 Å². The van der Waals surface area contributed by atoms with Crippen LogP contribution >= 0.6 is 0 Å². The molecule has 0 spiro atoms. The summed E-state index contributed by atoms with van der Waals surface area (Å²) in [5, 5.41) is 12.3. The Morgan fingerprint density at radius 1 is 1.24 bits per heavy atom. The van der Waals surface area contributed by atoms with Crippen molar-refractivity contribution < 1.29 is 19.0 Å². The summed E-state index contributed by atoms with van der Waals surface area (Å²) < 4.78 is 18.9. The van der Waals surface area contributed by atoms with Crippen LogP contribution in [-0.4, -0.2) is 18.1 Å². The van der Waals surface area contributed by atoms with Gasteiger partial charge >= 0.3 is 0 Å². The molecule has 4 nitrogen and oxygen atoms in total. The number of anilines is 1. The third-order valence-corrected chi connectivity index (χ3v) is 3.08. The van der Waals surface area contributed by atoms with Crippen molar-refractivity contribution in [3.05, 3.63) is 59.4 Å². The second-order valence-corrected chi connectivity index (χ2v) is 4.53.